The smallest absolute Gasteiger partial charge is 0.171 e. The van der Waals surface area contributed by atoms with Crippen molar-refractivity contribution in [3.8, 4) is 5.75 Å². The molecule has 0 unspecified atom stereocenters. The van der Waals surface area contributed by atoms with Crippen molar-refractivity contribution >= 4 is 23.0 Å². The summed E-state index contributed by atoms with van der Waals surface area (Å²) in [5.41, 5.74) is 4.60. The summed E-state index contributed by atoms with van der Waals surface area (Å²) in [5.74, 6) is 0.854. The summed E-state index contributed by atoms with van der Waals surface area (Å²) in [6.07, 6.45) is 0. The van der Waals surface area contributed by atoms with Gasteiger partial charge in [-0.15, -0.1) is 0 Å². The minimum Gasteiger partial charge on any atom is -0.497 e. The van der Waals surface area contributed by atoms with Gasteiger partial charge in [-0.3, -0.25) is 0 Å². The monoisotopic (exact) mass is 314 g/mol. The molecular formula is C18H22N2OS. The molecule has 0 aliphatic heterocycles. The van der Waals surface area contributed by atoms with E-state index < -0.39 is 0 Å². The Bertz CT molecular complexity index is 632. The van der Waals surface area contributed by atoms with Crippen LogP contribution in [0.15, 0.2) is 42.5 Å². The van der Waals surface area contributed by atoms with Crippen LogP contribution in [0, 0.1) is 13.8 Å². The largest absolute Gasteiger partial charge is 0.497 e. The quantitative estimate of drug-likeness (QED) is 0.822. The van der Waals surface area contributed by atoms with Gasteiger partial charge in [-0.05, 0) is 73.9 Å². The van der Waals surface area contributed by atoms with Gasteiger partial charge in [-0.25, -0.2) is 0 Å². The number of thiocarbonyl (C=S) groups is 1. The maximum absolute atomic E-state index is 5.40. The molecule has 0 heterocycles. The highest BCUT2D eigenvalue weighted by Crippen LogP contribution is 2.18. The summed E-state index contributed by atoms with van der Waals surface area (Å²) in [4.78, 5) is 0. The van der Waals surface area contributed by atoms with Crippen LogP contribution in [0.1, 0.15) is 29.7 Å². The van der Waals surface area contributed by atoms with E-state index in [1.54, 1.807) is 7.11 Å². The summed E-state index contributed by atoms with van der Waals surface area (Å²) < 4.78 is 5.17. The Labute approximate surface area is 137 Å². The number of benzene rings is 2. The van der Waals surface area contributed by atoms with Gasteiger partial charge >= 0.3 is 0 Å². The van der Waals surface area contributed by atoms with Gasteiger partial charge in [0.25, 0.3) is 0 Å². The predicted octanol–water partition coefficient (Wildman–Crippen LogP) is 4.36. The molecule has 0 saturated carbocycles. The van der Waals surface area contributed by atoms with Crippen molar-refractivity contribution in [2.75, 3.05) is 12.4 Å². The first-order valence-electron chi connectivity index (χ1n) is 7.27. The first-order chi connectivity index (χ1) is 10.5. The Morgan fingerprint density at radius 3 is 2.18 bits per heavy atom. The van der Waals surface area contributed by atoms with E-state index >= 15 is 0 Å². The number of nitrogens with one attached hydrogen (secondary N) is 2. The molecule has 2 aromatic carbocycles. The lowest BCUT2D eigenvalue weighted by Crippen LogP contribution is -2.30. The zero-order valence-electron chi connectivity index (χ0n) is 13.4. The molecule has 0 aliphatic carbocycles. The van der Waals surface area contributed by atoms with Gasteiger partial charge in [0.1, 0.15) is 5.75 Å². The highest BCUT2D eigenvalue weighted by Gasteiger charge is 2.07. The number of hydrogen-bond donors (Lipinski definition) is 2. The highest BCUT2D eigenvalue weighted by molar-refractivity contribution is 7.80. The summed E-state index contributed by atoms with van der Waals surface area (Å²) in [7, 11) is 1.67. The average molecular weight is 314 g/mol. The molecule has 0 bridgehead atoms. The Hall–Kier alpha value is -2.07. The molecule has 0 fully saturated rings. The normalized spacial score (nSPS) is 11.6. The summed E-state index contributed by atoms with van der Waals surface area (Å²) >= 11 is 5.40. The van der Waals surface area contributed by atoms with Crippen molar-refractivity contribution in [2.45, 2.75) is 26.8 Å². The second kappa shape index (κ2) is 7.27. The van der Waals surface area contributed by atoms with Crippen molar-refractivity contribution in [2.24, 2.45) is 0 Å². The van der Waals surface area contributed by atoms with E-state index in [0.717, 1.165) is 17.0 Å². The second-order valence-electron chi connectivity index (χ2n) is 5.47. The first-order valence-corrected chi connectivity index (χ1v) is 7.68. The standard InChI is InChI=1S/C18H22N2OS/c1-12-9-13(2)11-16(10-12)20-18(22)19-14(3)15-5-7-17(21-4)8-6-15/h5-11,14H,1-4H3,(H2,19,20,22)/t14-/m0/s1. The maximum atomic E-state index is 5.40. The third-order valence-electron chi connectivity index (χ3n) is 3.44. The maximum Gasteiger partial charge on any atom is 0.171 e. The van der Waals surface area contributed by atoms with E-state index in [0.29, 0.717) is 5.11 Å². The lowest BCUT2D eigenvalue weighted by Gasteiger charge is -2.18. The molecule has 2 rings (SSSR count). The third-order valence-corrected chi connectivity index (χ3v) is 3.66. The zero-order chi connectivity index (χ0) is 16.1. The fourth-order valence-electron chi connectivity index (χ4n) is 2.39. The molecular weight excluding hydrogens is 292 g/mol. The van der Waals surface area contributed by atoms with Gasteiger partial charge in [-0.2, -0.15) is 0 Å². The number of hydrogen-bond acceptors (Lipinski definition) is 2. The zero-order valence-corrected chi connectivity index (χ0v) is 14.3. The van der Waals surface area contributed by atoms with Gasteiger partial charge in [0.15, 0.2) is 5.11 Å². The molecule has 2 N–H and O–H groups in total. The minimum atomic E-state index is 0.122. The molecule has 2 aromatic rings. The fourth-order valence-corrected chi connectivity index (χ4v) is 2.68. The molecule has 0 spiro atoms. The number of ether oxygens (including phenoxy) is 1. The lowest BCUT2D eigenvalue weighted by molar-refractivity contribution is 0.414. The SMILES string of the molecule is COc1ccc([C@H](C)NC(=S)Nc2cc(C)cc(C)c2)cc1. The van der Waals surface area contributed by atoms with E-state index in [9.17, 15) is 0 Å². The van der Waals surface area contributed by atoms with Gasteiger partial charge in [0.05, 0.1) is 13.2 Å². The van der Waals surface area contributed by atoms with Crippen LogP contribution in [-0.2, 0) is 0 Å². The fraction of sp³-hybridized carbons (Fsp3) is 0.278. The summed E-state index contributed by atoms with van der Waals surface area (Å²) in [6, 6.07) is 14.4. The predicted molar refractivity (Wildman–Crippen MR) is 96.7 cm³/mol. The minimum absolute atomic E-state index is 0.122. The molecule has 0 radical (unpaired) electrons. The van der Waals surface area contributed by atoms with E-state index in [4.69, 9.17) is 17.0 Å². The van der Waals surface area contributed by atoms with Crippen LogP contribution in [0.4, 0.5) is 5.69 Å². The molecule has 4 heteroatoms. The average Bonchev–Trinajstić information content (AvgIpc) is 2.46. The molecule has 0 aromatic heterocycles. The van der Waals surface area contributed by atoms with Gasteiger partial charge in [-0.1, -0.05) is 18.2 Å². The third kappa shape index (κ3) is 4.46. The first kappa shape index (κ1) is 16.3. The Morgan fingerprint density at radius 2 is 1.64 bits per heavy atom. The molecule has 22 heavy (non-hydrogen) atoms. The molecule has 0 amide bonds. The van der Waals surface area contributed by atoms with Crippen molar-refractivity contribution < 1.29 is 4.74 Å². The Balaban J connectivity index is 1.98. The van der Waals surface area contributed by atoms with E-state index in [1.165, 1.54) is 11.1 Å². The molecule has 0 saturated heterocycles. The molecule has 1 atom stereocenters. The Kier molecular flexibility index (Phi) is 5.39. The molecule has 0 aliphatic rings. The number of methoxy groups -OCH3 is 1. The van der Waals surface area contributed by atoms with Crippen molar-refractivity contribution in [3.63, 3.8) is 0 Å². The number of rotatable bonds is 4. The lowest BCUT2D eigenvalue weighted by atomic mass is 10.1. The van der Waals surface area contributed by atoms with Crippen LogP contribution in [0.3, 0.4) is 0 Å². The summed E-state index contributed by atoms with van der Waals surface area (Å²) in [5, 5.41) is 7.16. The van der Waals surface area contributed by atoms with E-state index in [-0.39, 0.29) is 6.04 Å². The molecule has 116 valence electrons. The van der Waals surface area contributed by atoms with E-state index in [1.807, 2.05) is 24.3 Å². The Morgan fingerprint density at radius 1 is 1.05 bits per heavy atom. The topological polar surface area (TPSA) is 33.3 Å². The highest BCUT2D eigenvalue weighted by atomic mass is 32.1. The summed E-state index contributed by atoms with van der Waals surface area (Å²) in [6.45, 7) is 6.24. The van der Waals surface area contributed by atoms with Crippen LogP contribution in [0.25, 0.3) is 0 Å². The van der Waals surface area contributed by atoms with Crippen LogP contribution in [0.2, 0.25) is 0 Å². The second-order valence-corrected chi connectivity index (χ2v) is 5.88. The van der Waals surface area contributed by atoms with Gasteiger partial charge < -0.3 is 15.4 Å². The van der Waals surface area contributed by atoms with E-state index in [2.05, 4.69) is 49.6 Å². The van der Waals surface area contributed by atoms with Crippen molar-refractivity contribution in [3.05, 3.63) is 59.2 Å². The van der Waals surface area contributed by atoms with Crippen molar-refractivity contribution in [1.82, 2.24) is 5.32 Å². The number of anilines is 1. The van der Waals surface area contributed by atoms with Crippen LogP contribution in [-0.4, -0.2) is 12.2 Å². The van der Waals surface area contributed by atoms with Crippen LogP contribution >= 0.6 is 12.2 Å². The van der Waals surface area contributed by atoms with Crippen molar-refractivity contribution in [1.29, 1.82) is 0 Å². The van der Waals surface area contributed by atoms with Gasteiger partial charge in [0.2, 0.25) is 0 Å². The molecule has 3 nitrogen and oxygen atoms in total. The van der Waals surface area contributed by atoms with Gasteiger partial charge in [0, 0.05) is 5.69 Å². The number of aryl methyl sites for hydroxylation is 2. The van der Waals surface area contributed by atoms with Crippen LogP contribution < -0.4 is 15.4 Å². The van der Waals surface area contributed by atoms with Crippen LogP contribution in [0.5, 0.6) is 5.75 Å².